The van der Waals surface area contributed by atoms with Gasteiger partial charge in [0.15, 0.2) is 0 Å². The lowest BCUT2D eigenvalue weighted by Crippen LogP contribution is -2.42. The quantitative estimate of drug-likeness (QED) is 0.779. The van der Waals surface area contributed by atoms with Crippen molar-refractivity contribution in [3.63, 3.8) is 0 Å². The number of carbonyl (C=O) groups excluding carboxylic acids is 3. The number of nitrogens with zero attached hydrogens (tertiary/aromatic N) is 1. The topological polar surface area (TPSA) is 105 Å². The molecule has 0 radical (unpaired) electrons. The van der Waals surface area contributed by atoms with Crippen LogP contribution in [0.1, 0.15) is 28.8 Å². The van der Waals surface area contributed by atoms with Crippen molar-refractivity contribution in [2.75, 3.05) is 14.2 Å². The maximum absolute atomic E-state index is 12.2. The molecule has 1 aromatic carbocycles. The van der Waals surface area contributed by atoms with E-state index in [0.29, 0.717) is 0 Å². The van der Waals surface area contributed by atoms with Crippen molar-refractivity contribution in [2.24, 2.45) is 0 Å². The van der Waals surface area contributed by atoms with Gasteiger partial charge in [-0.15, -0.1) is 0 Å². The summed E-state index contributed by atoms with van der Waals surface area (Å²) in [5.41, 5.74) is 0.341. The number of carbonyl (C=O) groups is 3. The fourth-order valence-corrected chi connectivity index (χ4v) is 1.77. The number of esters is 2. The summed E-state index contributed by atoms with van der Waals surface area (Å²) in [6.07, 6.45) is -0.00372. The Hall–Kier alpha value is -2.88. The largest absolute Gasteiger partial charge is 0.469 e. The molecule has 0 unspecified atom stereocenters. The molecule has 0 aromatic heterocycles. The van der Waals surface area contributed by atoms with Gasteiger partial charge >= 0.3 is 11.9 Å². The van der Waals surface area contributed by atoms with Gasteiger partial charge in [0.25, 0.3) is 5.91 Å². The first-order chi connectivity index (χ1) is 10.5. The van der Waals surface area contributed by atoms with Gasteiger partial charge < -0.3 is 14.8 Å². The molecule has 1 amide bonds. The Kier molecular flexibility index (Phi) is 6.57. The second kappa shape index (κ2) is 8.42. The minimum atomic E-state index is -0.997. The first kappa shape index (κ1) is 17.2. The summed E-state index contributed by atoms with van der Waals surface area (Å²) in [7, 11) is 2.42. The molecule has 1 atom stereocenters. The lowest BCUT2D eigenvalue weighted by Gasteiger charge is -2.16. The molecular formula is C15H16N2O5. The second-order valence-corrected chi connectivity index (χ2v) is 4.32. The zero-order valence-electron chi connectivity index (χ0n) is 12.3. The molecule has 0 aliphatic carbocycles. The maximum Gasteiger partial charge on any atom is 0.328 e. The molecule has 0 fully saturated rings. The molecule has 22 heavy (non-hydrogen) atoms. The third-order valence-corrected chi connectivity index (χ3v) is 2.95. The molecule has 116 valence electrons. The van der Waals surface area contributed by atoms with Crippen LogP contribution in [-0.4, -0.2) is 38.1 Å². The van der Waals surface area contributed by atoms with Crippen molar-refractivity contribution in [2.45, 2.75) is 18.9 Å². The summed E-state index contributed by atoms with van der Waals surface area (Å²) in [6.45, 7) is 0. The molecule has 0 bridgehead atoms. The Morgan fingerprint density at radius 2 is 1.91 bits per heavy atom. The second-order valence-electron chi connectivity index (χ2n) is 4.32. The summed E-state index contributed by atoms with van der Waals surface area (Å²) >= 11 is 0. The zero-order chi connectivity index (χ0) is 16.5. The molecule has 0 heterocycles. The number of benzene rings is 1. The fraction of sp³-hybridized carbons (Fsp3) is 0.333. The third-order valence-electron chi connectivity index (χ3n) is 2.95. The molecule has 1 rings (SSSR count). The molecule has 0 aliphatic heterocycles. The van der Waals surface area contributed by atoms with E-state index < -0.39 is 23.9 Å². The van der Waals surface area contributed by atoms with E-state index in [0.717, 1.165) is 0 Å². The Balaban J connectivity index is 2.85. The number of amides is 1. The van der Waals surface area contributed by atoms with Gasteiger partial charge in [-0.3, -0.25) is 9.59 Å². The van der Waals surface area contributed by atoms with Gasteiger partial charge in [0.1, 0.15) is 6.04 Å². The zero-order valence-corrected chi connectivity index (χ0v) is 12.3. The number of nitriles is 1. The highest BCUT2D eigenvalue weighted by Gasteiger charge is 2.24. The summed E-state index contributed by atoms with van der Waals surface area (Å²) in [5, 5.41) is 11.4. The number of rotatable bonds is 6. The van der Waals surface area contributed by atoms with Crippen LogP contribution >= 0.6 is 0 Å². The third kappa shape index (κ3) is 4.59. The average Bonchev–Trinajstić information content (AvgIpc) is 2.56. The number of hydrogen-bond donors (Lipinski definition) is 1. The monoisotopic (exact) mass is 304 g/mol. The highest BCUT2D eigenvalue weighted by atomic mass is 16.5. The van der Waals surface area contributed by atoms with Gasteiger partial charge in [0.05, 0.1) is 31.4 Å². The van der Waals surface area contributed by atoms with E-state index in [4.69, 9.17) is 5.26 Å². The van der Waals surface area contributed by atoms with Crippen molar-refractivity contribution in [3.8, 4) is 6.07 Å². The van der Waals surface area contributed by atoms with Gasteiger partial charge in [-0.1, -0.05) is 12.1 Å². The van der Waals surface area contributed by atoms with E-state index in [1.54, 1.807) is 12.1 Å². The van der Waals surface area contributed by atoms with Crippen LogP contribution in [0.2, 0.25) is 0 Å². The van der Waals surface area contributed by atoms with Gasteiger partial charge in [-0.2, -0.15) is 5.26 Å². The van der Waals surface area contributed by atoms with Crippen LogP contribution < -0.4 is 5.32 Å². The van der Waals surface area contributed by atoms with Crippen molar-refractivity contribution in [1.82, 2.24) is 5.32 Å². The summed E-state index contributed by atoms with van der Waals surface area (Å²) in [6, 6.07) is 7.11. The van der Waals surface area contributed by atoms with Gasteiger partial charge in [0, 0.05) is 6.42 Å². The molecule has 0 aliphatic rings. The molecule has 0 saturated carbocycles. The summed E-state index contributed by atoms with van der Waals surface area (Å²) in [4.78, 5) is 35.0. The van der Waals surface area contributed by atoms with Crippen LogP contribution in [0.25, 0.3) is 0 Å². The van der Waals surface area contributed by atoms with Crippen molar-refractivity contribution in [1.29, 1.82) is 5.26 Å². The van der Waals surface area contributed by atoms with Gasteiger partial charge in [-0.25, -0.2) is 4.79 Å². The summed E-state index contributed by atoms with van der Waals surface area (Å²) in [5.74, 6) is -1.76. The Labute approximate surface area is 127 Å². The number of hydrogen-bond acceptors (Lipinski definition) is 6. The first-order valence-corrected chi connectivity index (χ1v) is 6.48. The highest BCUT2D eigenvalue weighted by molar-refractivity contribution is 5.98. The van der Waals surface area contributed by atoms with Crippen molar-refractivity contribution in [3.05, 3.63) is 35.4 Å². The SMILES string of the molecule is COC(=O)CC[C@H](NC(=O)c1ccccc1C#N)C(=O)OC. The molecular weight excluding hydrogens is 288 g/mol. The predicted octanol–water partition coefficient (Wildman–Crippen LogP) is 0.783. The summed E-state index contributed by atoms with van der Waals surface area (Å²) < 4.78 is 9.09. The maximum atomic E-state index is 12.2. The van der Waals surface area contributed by atoms with E-state index in [1.165, 1.54) is 26.4 Å². The predicted molar refractivity (Wildman–Crippen MR) is 75.7 cm³/mol. The van der Waals surface area contributed by atoms with Crippen LogP contribution in [0.15, 0.2) is 24.3 Å². The standard InChI is InChI=1S/C15H16N2O5/c1-21-13(18)8-7-12(15(20)22-2)17-14(19)11-6-4-3-5-10(11)9-16/h3-6,12H,7-8H2,1-2H3,(H,17,19)/t12-/m0/s1. The average molecular weight is 304 g/mol. The number of nitrogens with one attached hydrogen (secondary N) is 1. The first-order valence-electron chi connectivity index (χ1n) is 6.48. The minimum absolute atomic E-state index is 0.0415. The molecule has 1 N–H and O–H groups in total. The smallest absolute Gasteiger partial charge is 0.328 e. The lowest BCUT2D eigenvalue weighted by atomic mass is 10.1. The van der Waals surface area contributed by atoms with Crippen LogP contribution in [-0.2, 0) is 19.1 Å². The Morgan fingerprint density at radius 3 is 2.50 bits per heavy atom. The van der Waals surface area contributed by atoms with Crippen LogP contribution in [0.5, 0.6) is 0 Å². The number of methoxy groups -OCH3 is 2. The highest BCUT2D eigenvalue weighted by Crippen LogP contribution is 2.09. The molecule has 0 spiro atoms. The van der Waals surface area contributed by atoms with E-state index in [2.05, 4.69) is 14.8 Å². The normalized spacial score (nSPS) is 11.0. The van der Waals surface area contributed by atoms with Crippen molar-refractivity contribution >= 4 is 17.8 Å². The number of ether oxygens (including phenoxy) is 2. The van der Waals surface area contributed by atoms with Crippen molar-refractivity contribution < 1.29 is 23.9 Å². The van der Waals surface area contributed by atoms with Crippen LogP contribution in [0.3, 0.4) is 0 Å². The van der Waals surface area contributed by atoms with Gasteiger partial charge in [-0.05, 0) is 18.6 Å². The lowest BCUT2D eigenvalue weighted by molar-refractivity contribution is -0.144. The van der Waals surface area contributed by atoms with Gasteiger partial charge in [0.2, 0.25) is 0 Å². The fourth-order valence-electron chi connectivity index (χ4n) is 1.77. The van der Waals surface area contributed by atoms with E-state index >= 15 is 0 Å². The van der Waals surface area contributed by atoms with Crippen LogP contribution in [0.4, 0.5) is 0 Å². The molecule has 7 nitrogen and oxygen atoms in total. The van der Waals surface area contributed by atoms with E-state index in [-0.39, 0.29) is 24.0 Å². The van der Waals surface area contributed by atoms with E-state index in [1.807, 2.05) is 6.07 Å². The minimum Gasteiger partial charge on any atom is -0.469 e. The molecule has 7 heteroatoms. The Morgan fingerprint density at radius 1 is 1.23 bits per heavy atom. The van der Waals surface area contributed by atoms with Crippen LogP contribution in [0, 0.1) is 11.3 Å². The van der Waals surface area contributed by atoms with E-state index in [9.17, 15) is 14.4 Å². The molecule has 1 aromatic rings. The Bertz CT molecular complexity index is 606. The molecule has 0 saturated heterocycles.